The topological polar surface area (TPSA) is 14.2 Å². The molecule has 2 nitrogen and oxygen atoms in total. The molecule has 10 aromatic carbocycles. The third kappa shape index (κ3) is 4.40. The molecule has 1 aromatic heterocycles. The van der Waals surface area contributed by atoms with Crippen LogP contribution in [0.4, 0.5) is 0 Å². The lowest BCUT2D eigenvalue weighted by Crippen LogP contribution is -2.32. The fourth-order valence-electron chi connectivity index (χ4n) is 10.5. The number of nitrogens with zero attached hydrogens (tertiary/aromatic N) is 1. The first-order valence-electron chi connectivity index (χ1n) is 20.4. The Morgan fingerprint density at radius 1 is 0.339 bits per heavy atom. The molecule has 0 unspecified atom stereocenters. The van der Waals surface area contributed by atoms with E-state index in [4.69, 9.17) is 4.74 Å². The van der Waals surface area contributed by atoms with Crippen molar-refractivity contribution in [3.05, 3.63) is 235 Å². The molecular weight excluding hydrogens is 715 g/mol. The van der Waals surface area contributed by atoms with Gasteiger partial charge < -0.3 is 9.30 Å². The van der Waals surface area contributed by atoms with Gasteiger partial charge in [0.15, 0.2) is 0 Å². The van der Waals surface area contributed by atoms with Crippen molar-refractivity contribution in [2.45, 2.75) is 5.41 Å². The molecule has 0 saturated carbocycles. The molecule has 0 atom stereocenters. The van der Waals surface area contributed by atoms with Gasteiger partial charge in [0.1, 0.15) is 11.5 Å². The molecule has 59 heavy (non-hydrogen) atoms. The highest BCUT2D eigenvalue weighted by atomic mass is 16.5. The first kappa shape index (κ1) is 32.4. The molecule has 0 fully saturated rings. The summed E-state index contributed by atoms with van der Waals surface area (Å²) in [5, 5.41) is 7.04. The van der Waals surface area contributed by atoms with Crippen molar-refractivity contribution < 1.29 is 4.74 Å². The van der Waals surface area contributed by atoms with Gasteiger partial charge in [-0.2, -0.15) is 0 Å². The highest BCUT2D eigenvalue weighted by molar-refractivity contribution is 6.13. The van der Waals surface area contributed by atoms with Gasteiger partial charge in [-0.05, 0) is 80.0 Å². The van der Waals surface area contributed by atoms with Gasteiger partial charge in [0.25, 0.3) is 0 Å². The summed E-state index contributed by atoms with van der Waals surface area (Å²) in [6.45, 7) is 0. The zero-order valence-electron chi connectivity index (χ0n) is 32.1. The first-order valence-corrected chi connectivity index (χ1v) is 20.4. The van der Waals surface area contributed by atoms with Crippen molar-refractivity contribution >= 4 is 43.4 Å². The maximum atomic E-state index is 7.23. The fourth-order valence-corrected chi connectivity index (χ4v) is 10.5. The van der Waals surface area contributed by atoms with Crippen LogP contribution in [0.3, 0.4) is 0 Å². The Balaban J connectivity index is 1.15. The van der Waals surface area contributed by atoms with E-state index in [1.165, 1.54) is 93.9 Å². The largest absolute Gasteiger partial charge is 0.455 e. The predicted molar refractivity (Wildman–Crippen MR) is 244 cm³/mol. The standard InChI is InChI=1S/C57H35NO/c1-3-14-36(15-4-1)40-28-32-51-45(34-40)46-35-41(37-16-5-2-6-17-37)29-33-52(46)58(51)53-25-13-24-48-54(53)44-22-11-12-23-47(44)57(48)49-30-26-38-18-7-9-20-42(38)55(49)59-56-43-21-10-8-19-39(43)27-31-50(56)57/h1-35H. The molecule has 2 aliphatic rings. The summed E-state index contributed by atoms with van der Waals surface area (Å²) in [6, 6.07) is 78.0. The highest BCUT2D eigenvalue weighted by Gasteiger charge is 2.52. The van der Waals surface area contributed by atoms with Crippen LogP contribution < -0.4 is 4.74 Å². The van der Waals surface area contributed by atoms with Gasteiger partial charge in [-0.15, -0.1) is 0 Å². The minimum atomic E-state index is -0.626. The number of benzene rings is 10. The molecule has 1 aliphatic heterocycles. The van der Waals surface area contributed by atoms with Crippen molar-refractivity contribution in [2.24, 2.45) is 0 Å². The molecule has 2 heterocycles. The van der Waals surface area contributed by atoms with Crippen molar-refractivity contribution in [1.82, 2.24) is 4.57 Å². The molecule has 1 spiro atoms. The highest BCUT2D eigenvalue weighted by Crippen LogP contribution is 2.64. The summed E-state index contributed by atoms with van der Waals surface area (Å²) in [5.41, 5.74) is 15.1. The second kappa shape index (κ2) is 12.2. The molecule has 2 heteroatoms. The monoisotopic (exact) mass is 749 g/mol. The third-order valence-corrected chi connectivity index (χ3v) is 13.0. The summed E-state index contributed by atoms with van der Waals surface area (Å²) >= 11 is 0. The number of rotatable bonds is 3. The van der Waals surface area contributed by atoms with E-state index in [9.17, 15) is 0 Å². The molecule has 274 valence electrons. The van der Waals surface area contributed by atoms with E-state index < -0.39 is 5.41 Å². The molecule has 0 bridgehead atoms. The lowest BCUT2D eigenvalue weighted by Gasteiger charge is -2.40. The number of ether oxygens (including phenoxy) is 1. The quantitative estimate of drug-likeness (QED) is 0.175. The number of hydrogen-bond donors (Lipinski definition) is 0. The maximum absolute atomic E-state index is 7.23. The van der Waals surface area contributed by atoms with Crippen LogP contribution in [0.25, 0.3) is 82.4 Å². The average molecular weight is 750 g/mol. The van der Waals surface area contributed by atoms with E-state index >= 15 is 0 Å². The number of hydrogen-bond acceptors (Lipinski definition) is 1. The van der Waals surface area contributed by atoms with Crippen LogP contribution >= 0.6 is 0 Å². The Labute approximate surface area is 341 Å². The summed E-state index contributed by atoms with van der Waals surface area (Å²) < 4.78 is 9.75. The van der Waals surface area contributed by atoms with Gasteiger partial charge in [0.05, 0.1) is 22.1 Å². The van der Waals surface area contributed by atoms with Gasteiger partial charge in [0.2, 0.25) is 0 Å². The van der Waals surface area contributed by atoms with Crippen molar-refractivity contribution in [3.63, 3.8) is 0 Å². The molecule has 0 saturated heterocycles. The second-order valence-electron chi connectivity index (χ2n) is 16.0. The SMILES string of the molecule is c1ccc(-c2ccc3c(c2)c2cc(-c4ccccc4)ccc2n3-c2cccc3c2-c2ccccc2C32c3ccc4ccccc4c3Oc3c2ccc2ccccc32)cc1. The van der Waals surface area contributed by atoms with Crippen molar-refractivity contribution in [3.8, 4) is 50.6 Å². The van der Waals surface area contributed by atoms with Crippen LogP contribution in [-0.4, -0.2) is 4.57 Å². The smallest absolute Gasteiger partial charge is 0.140 e. The van der Waals surface area contributed by atoms with E-state index in [0.717, 1.165) is 22.3 Å². The van der Waals surface area contributed by atoms with Gasteiger partial charge in [0, 0.05) is 38.2 Å². The lowest BCUT2D eigenvalue weighted by atomic mass is 9.65. The van der Waals surface area contributed by atoms with Crippen LogP contribution in [0.1, 0.15) is 22.3 Å². The Bertz CT molecular complexity index is 3340. The molecule has 0 amide bonds. The van der Waals surface area contributed by atoms with E-state index in [1.807, 2.05) is 0 Å². The predicted octanol–water partition coefficient (Wildman–Crippen LogP) is 14.9. The van der Waals surface area contributed by atoms with Crippen LogP contribution in [-0.2, 0) is 5.41 Å². The van der Waals surface area contributed by atoms with Crippen molar-refractivity contribution in [2.75, 3.05) is 0 Å². The Morgan fingerprint density at radius 3 is 1.44 bits per heavy atom. The zero-order valence-corrected chi connectivity index (χ0v) is 32.1. The Hall–Kier alpha value is -7.68. The maximum Gasteiger partial charge on any atom is 0.140 e. The van der Waals surface area contributed by atoms with Crippen LogP contribution in [0.15, 0.2) is 212 Å². The van der Waals surface area contributed by atoms with E-state index in [2.05, 4.69) is 217 Å². The molecule has 0 radical (unpaired) electrons. The summed E-state index contributed by atoms with van der Waals surface area (Å²) in [5.74, 6) is 1.86. The van der Waals surface area contributed by atoms with E-state index in [1.54, 1.807) is 0 Å². The van der Waals surface area contributed by atoms with Gasteiger partial charge in [-0.1, -0.05) is 182 Å². The second-order valence-corrected chi connectivity index (χ2v) is 16.0. The number of aromatic nitrogens is 1. The fraction of sp³-hybridized carbons (Fsp3) is 0.0175. The van der Waals surface area contributed by atoms with E-state index in [-0.39, 0.29) is 0 Å². The number of fused-ring (bicyclic) bond motifs is 16. The summed E-state index contributed by atoms with van der Waals surface area (Å²) in [4.78, 5) is 0. The third-order valence-electron chi connectivity index (χ3n) is 13.0. The zero-order chi connectivity index (χ0) is 38.7. The summed E-state index contributed by atoms with van der Waals surface area (Å²) in [7, 11) is 0. The van der Waals surface area contributed by atoms with Crippen molar-refractivity contribution in [1.29, 1.82) is 0 Å². The minimum Gasteiger partial charge on any atom is -0.455 e. The van der Waals surface area contributed by atoms with Gasteiger partial charge >= 0.3 is 0 Å². The van der Waals surface area contributed by atoms with Crippen LogP contribution in [0.5, 0.6) is 11.5 Å². The molecule has 11 aromatic rings. The summed E-state index contributed by atoms with van der Waals surface area (Å²) in [6.07, 6.45) is 0. The van der Waals surface area contributed by atoms with Gasteiger partial charge in [-0.25, -0.2) is 0 Å². The van der Waals surface area contributed by atoms with E-state index in [0.29, 0.717) is 0 Å². The molecular formula is C57H35NO. The van der Waals surface area contributed by atoms with Gasteiger partial charge in [-0.3, -0.25) is 0 Å². The Morgan fingerprint density at radius 2 is 0.847 bits per heavy atom. The lowest BCUT2D eigenvalue weighted by molar-refractivity contribution is 0.447. The molecule has 1 aliphatic carbocycles. The molecule has 0 N–H and O–H groups in total. The average Bonchev–Trinajstić information content (AvgIpc) is 3.79. The first-order chi connectivity index (χ1) is 29.3. The van der Waals surface area contributed by atoms with Crippen LogP contribution in [0.2, 0.25) is 0 Å². The minimum absolute atomic E-state index is 0.626. The normalized spacial score (nSPS) is 13.4. The molecule has 13 rings (SSSR count). The van der Waals surface area contributed by atoms with Crippen LogP contribution in [0, 0.1) is 0 Å². The Kier molecular flexibility index (Phi) is 6.68.